The number of rotatable bonds is 21. The van der Waals surface area contributed by atoms with Gasteiger partial charge in [0.2, 0.25) is 0 Å². The molecular weight excluding hydrogens is 623 g/mol. The van der Waals surface area contributed by atoms with Crippen LogP contribution in [-0.4, -0.2) is 71.3 Å². The Labute approximate surface area is 217 Å². The number of unbranched alkanes of at least 4 members (excludes halogenated alkanes) is 11. The monoisotopic (exact) mass is 669 g/mol. The second-order valence-electron chi connectivity index (χ2n) is 8.49. The molecule has 0 bridgehead atoms. The summed E-state index contributed by atoms with van der Waals surface area (Å²) in [5.41, 5.74) is 3.02. The number of aliphatic carboxylic acids is 2. The third-order valence-electron chi connectivity index (χ3n) is 5.31. The molecule has 2 atom stereocenters. The van der Waals surface area contributed by atoms with Gasteiger partial charge in [-0.2, -0.15) is 0 Å². The predicted octanol–water partition coefficient (Wildman–Crippen LogP) is 3.35. The van der Waals surface area contributed by atoms with E-state index in [2.05, 4.69) is 19.1 Å². The zero-order valence-electron chi connectivity index (χ0n) is 20.3. The van der Waals surface area contributed by atoms with Crippen molar-refractivity contribution in [3.8, 4) is 0 Å². The van der Waals surface area contributed by atoms with Crippen LogP contribution in [0.3, 0.4) is 0 Å². The first-order valence-corrected chi connectivity index (χ1v) is 12.0. The second-order valence-corrected chi connectivity index (χ2v) is 8.49. The number of carboxylic acid groups (broad SMARTS) is 2. The molecule has 0 aliphatic rings. The third kappa shape index (κ3) is 20.1. The van der Waals surface area contributed by atoms with Crippen LogP contribution in [0.25, 0.3) is 0 Å². The van der Waals surface area contributed by atoms with E-state index in [-0.39, 0.29) is 26.2 Å². The summed E-state index contributed by atoms with van der Waals surface area (Å²) < 4.78 is 4.91. The summed E-state index contributed by atoms with van der Waals surface area (Å²) in [6.45, 7) is 2.23. The van der Waals surface area contributed by atoms with Crippen LogP contribution < -0.4 is 5.73 Å². The van der Waals surface area contributed by atoms with Gasteiger partial charge in [0.05, 0.1) is 12.8 Å². The zero-order valence-corrected chi connectivity index (χ0v) is 25.8. The molecule has 0 aromatic rings. The van der Waals surface area contributed by atoms with E-state index in [1.807, 2.05) is 0 Å². The van der Waals surface area contributed by atoms with Crippen molar-refractivity contribution in [3.63, 3.8) is 0 Å². The van der Waals surface area contributed by atoms with Crippen molar-refractivity contribution in [1.82, 2.24) is 0 Å². The molecule has 0 spiro atoms. The molecule has 0 heterocycles. The van der Waals surface area contributed by atoms with Crippen LogP contribution >= 0.6 is 0 Å². The molecular formula is C24H46BiNO7. The van der Waals surface area contributed by atoms with Gasteiger partial charge in [-0.15, -0.1) is 0 Å². The number of allylic oxidation sites excluding steroid dienone is 2. The van der Waals surface area contributed by atoms with E-state index < -0.39 is 42.6 Å². The number of aliphatic hydroxyl groups is 1. The van der Waals surface area contributed by atoms with Crippen molar-refractivity contribution < 1.29 is 34.4 Å². The summed E-state index contributed by atoms with van der Waals surface area (Å²) in [6.07, 6.45) is 17.3. The molecule has 0 radical (unpaired) electrons. The van der Waals surface area contributed by atoms with Crippen molar-refractivity contribution in [2.24, 2.45) is 5.73 Å². The number of ether oxygens (including phenoxy) is 1. The van der Waals surface area contributed by atoms with Crippen molar-refractivity contribution >= 4 is 44.1 Å². The van der Waals surface area contributed by atoms with E-state index in [0.717, 1.165) is 38.5 Å². The van der Waals surface area contributed by atoms with Gasteiger partial charge in [-0.25, -0.2) is 4.79 Å². The number of esters is 1. The molecule has 0 amide bonds. The molecule has 194 valence electrons. The molecule has 33 heavy (non-hydrogen) atoms. The molecule has 0 aromatic carbocycles. The Bertz CT molecular complexity index is 571. The minimum absolute atomic E-state index is 0. The Hall–Kier alpha value is -1.05. The van der Waals surface area contributed by atoms with E-state index in [9.17, 15) is 19.5 Å². The molecule has 9 heteroatoms. The molecule has 0 rings (SSSR count). The molecule has 0 aliphatic carbocycles. The normalized spacial score (nSPS) is 13.8. The van der Waals surface area contributed by atoms with Crippen LogP contribution in [0, 0.1) is 0 Å². The maximum absolute atomic E-state index is 11.8. The van der Waals surface area contributed by atoms with Crippen LogP contribution in [0.1, 0.15) is 110 Å². The first-order valence-electron chi connectivity index (χ1n) is 12.0. The van der Waals surface area contributed by atoms with Crippen molar-refractivity contribution in [3.05, 3.63) is 12.2 Å². The number of carbonyl (C=O) groups excluding carboxylic acids is 1. The topological polar surface area (TPSA) is 147 Å². The Morgan fingerprint density at radius 2 is 1.33 bits per heavy atom. The van der Waals surface area contributed by atoms with Crippen LogP contribution in [-0.2, 0) is 19.1 Å². The van der Waals surface area contributed by atoms with Gasteiger partial charge in [-0.3, -0.25) is 15.3 Å². The van der Waals surface area contributed by atoms with E-state index >= 15 is 0 Å². The van der Waals surface area contributed by atoms with Gasteiger partial charge in [-0.05, 0) is 38.5 Å². The average molecular weight is 670 g/mol. The number of carboxylic acids is 2. The van der Waals surface area contributed by atoms with Gasteiger partial charge in [-0.1, -0.05) is 70.4 Å². The Morgan fingerprint density at radius 3 is 1.82 bits per heavy atom. The zero-order chi connectivity index (χ0) is 24.2. The summed E-state index contributed by atoms with van der Waals surface area (Å²) in [5, 5.41) is 27.5. The van der Waals surface area contributed by atoms with E-state index in [4.69, 9.17) is 20.7 Å². The van der Waals surface area contributed by atoms with Crippen molar-refractivity contribution in [2.75, 3.05) is 0 Å². The van der Waals surface area contributed by atoms with E-state index in [1.165, 1.54) is 44.9 Å². The number of carbonyl (C=O) groups is 3. The summed E-state index contributed by atoms with van der Waals surface area (Å²) in [7, 11) is 0. The Kier molecular flexibility index (Phi) is 22.2. The van der Waals surface area contributed by atoms with E-state index in [1.54, 1.807) is 0 Å². The molecule has 2 unspecified atom stereocenters. The number of nitrogens with two attached hydrogens (primary N) is 1. The molecule has 5 N–H and O–H groups in total. The standard InChI is InChI=1S/C24H43NO7.Bi.3H/c1-2-3-4-5-6-7-8-9-10-11-12-13-14-15-16-17-20(25)32-22(28)19-24(31,23(29)30)18-21(26)27;;;;/h9-10,20,31H,2-8,11-19,25H2,1H3,(H,26,27)(H,29,30);;;;/b10-9-;;;;. The first kappa shape index (κ1) is 34.1. The van der Waals surface area contributed by atoms with E-state index in [0.29, 0.717) is 6.42 Å². The number of hydrogen-bond donors (Lipinski definition) is 4. The van der Waals surface area contributed by atoms with Gasteiger partial charge >= 0.3 is 44.1 Å². The Balaban J connectivity index is 0. The second kappa shape index (κ2) is 21.5. The Morgan fingerprint density at radius 1 is 0.848 bits per heavy atom. The summed E-state index contributed by atoms with van der Waals surface area (Å²) in [6, 6.07) is 0. The van der Waals surface area contributed by atoms with Crippen molar-refractivity contribution in [1.29, 1.82) is 0 Å². The van der Waals surface area contributed by atoms with Crippen molar-refractivity contribution in [2.45, 2.75) is 121 Å². The van der Waals surface area contributed by atoms with Crippen LogP contribution in [0.2, 0.25) is 0 Å². The molecule has 0 saturated heterocycles. The SMILES string of the molecule is CCCCCCCC/C=C\CCCCCCCC(N)OC(=O)CC(O)(CC(=O)O)C(=O)O.[BiH3]. The third-order valence-corrected chi connectivity index (χ3v) is 5.31. The fourth-order valence-corrected chi connectivity index (χ4v) is 3.39. The quantitative estimate of drug-likeness (QED) is 0.0479. The molecule has 8 nitrogen and oxygen atoms in total. The molecule has 0 fully saturated rings. The maximum atomic E-state index is 11.8. The van der Waals surface area contributed by atoms with Gasteiger partial charge in [0.25, 0.3) is 0 Å². The average Bonchev–Trinajstić information content (AvgIpc) is 2.69. The summed E-state index contributed by atoms with van der Waals surface area (Å²) in [4.78, 5) is 33.5. The van der Waals surface area contributed by atoms with Crippen LogP contribution in [0.15, 0.2) is 12.2 Å². The van der Waals surface area contributed by atoms with Crippen LogP contribution in [0.4, 0.5) is 0 Å². The summed E-state index contributed by atoms with van der Waals surface area (Å²) >= 11 is 0. The minimum atomic E-state index is -2.70. The molecule has 0 aliphatic heterocycles. The fourth-order valence-electron chi connectivity index (χ4n) is 3.39. The number of hydrogen-bond acceptors (Lipinski definition) is 6. The first-order chi connectivity index (χ1) is 15.2. The van der Waals surface area contributed by atoms with Gasteiger partial charge < -0.3 is 20.1 Å². The fraction of sp³-hybridized carbons (Fsp3) is 0.792. The van der Waals surface area contributed by atoms with Crippen LogP contribution in [0.5, 0.6) is 0 Å². The molecule has 0 saturated carbocycles. The van der Waals surface area contributed by atoms with Gasteiger partial charge in [0.15, 0.2) is 11.8 Å². The summed E-state index contributed by atoms with van der Waals surface area (Å²) in [5.74, 6) is -4.35. The van der Waals surface area contributed by atoms with Gasteiger partial charge in [0.1, 0.15) is 0 Å². The predicted molar refractivity (Wildman–Crippen MR) is 133 cm³/mol. The molecule has 0 aromatic heterocycles. The van der Waals surface area contributed by atoms with Gasteiger partial charge in [0, 0.05) is 0 Å².